The first-order valence-electron chi connectivity index (χ1n) is 8.99. The van der Waals surface area contributed by atoms with Crippen molar-refractivity contribution in [1.82, 2.24) is 14.5 Å². The van der Waals surface area contributed by atoms with E-state index in [0.29, 0.717) is 13.1 Å². The molecular weight excluding hydrogens is 362 g/mol. The monoisotopic (exact) mass is 383 g/mol. The van der Waals surface area contributed by atoms with Crippen LogP contribution in [-0.4, -0.2) is 46.7 Å². The van der Waals surface area contributed by atoms with Gasteiger partial charge in [0.25, 0.3) is 0 Å². The highest BCUT2D eigenvalue weighted by Crippen LogP contribution is 2.25. The number of fused-ring (bicyclic) bond motifs is 1. The van der Waals surface area contributed by atoms with Gasteiger partial charge in [0.1, 0.15) is 0 Å². The third-order valence-electron chi connectivity index (χ3n) is 5.06. The first-order valence-corrected chi connectivity index (χ1v) is 9.37. The summed E-state index contributed by atoms with van der Waals surface area (Å²) in [6.45, 7) is 5.00. The topological polar surface area (TPSA) is 53.4 Å². The van der Waals surface area contributed by atoms with Gasteiger partial charge in [0.05, 0.1) is 17.4 Å². The average Bonchev–Trinajstić information content (AvgIpc) is 3.04. The predicted octanol–water partition coefficient (Wildman–Crippen LogP) is 3.89. The second kappa shape index (κ2) is 7.12. The van der Waals surface area contributed by atoms with Crippen LogP contribution in [-0.2, 0) is 7.05 Å². The Morgan fingerprint density at radius 2 is 1.89 bits per heavy atom. The molecule has 0 spiro atoms. The van der Waals surface area contributed by atoms with E-state index in [0.717, 1.165) is 40.5 Å². The predicted molar refractivity (Wildman–Crippen MR) is 110 cm³/mol. The molecular formula is C20H22ClN5O. The molecule has 1 aromatic heterocycles. The van der Waals surface area contributed by atoms with Gasteiger partial charge in [-0.3, -0.25) is 0 Å². The molecule has 0 atom stereocenters. The van der Waals surface area contributed by atoms with Crippen LogP contribution >= 0.6 is 11.6 Å². The highest BCUT2D eigenvalue weighted by atomic mass is 35.5. The van der Waals surface area contributed by atoms with Gasteiger partial charge in [-0.2, -0.15) is 0 Å². The van der Waals surface area contributed by atoms with Crippen LogP contribution in [0.25, 0.3) is 11.0 Å². The van der Waals surface area contributed by atoms with Crippen LogP contribution in [0.3, 0.4) is 0 Å². The quantitative estimate of drug-likeness (QED) is 0.730. The van der Waals surface area contributed by atoms with Gasteiger partial charge in [-0.25, -0.2) is 9.78 Å². The van der Waals surface area contributed by atoms with Gasteiger partial charge in [0, 0.05) is 49.6 Å². The third-order valence-corrected chi connectivity index (χ3v) is 5.29. The Kier molecular flexibility index (Phi) is 4.66. The minimum atomic E-state index is -0.0704. The number of nitrogens with zero attached hydrogens (tertiary/aromatic N) is 4. The smallest absolute Gasteiger partial charge is 0.321 e. The van der Waals surface area contributed by atoms with E-state index in [2.05, 4.69) is 22.1 Å². The molecule has 1 aliphatic heterocycles. The standard InChI is InChI=1S/C20H22ClN5O/c1-14-3-4-15(21)11-18(14)25-7-9-26(10-8-25)20(27)23-16-5-6-17-19(12-16)24(2)13-22-17/h3-6,11-13H,7-10H2,1-2H3,(H,23,27). The van der Waals surface area contributed by atoms with Gasteiger partial charge in [0.15, 0.2) is 0 Å². The molecule has 27 heavy (non-hydrogen) atoms. The summed E-state index contributed by atoms with van der Waals surface area (Å²) in [6, 6.07) is 11.6. The third kappa shape index (κ3) is 3.57. The number of benzene rings is 2. The zero-order chi connectivity index (χ0) is 19.0. The normalized spacial score (nSPS) is 14.6. The highest BCUT2D eigenvalue weighted by molar-refractivity contribution is 6.30. The number of imidazole rings is 1. The fraction of sp³-hybridized carbons (Fsp3) is 0.300. The van der Waals surface area contributed by atoms with Crippen molar-refractivity contribution in [3.8, 4) is 0 Å². The van der Waals surface area contributed by atoms with Crippen LogP contribution in [0.1, 0.15) is 5.56 Å². The Morgan fingerprint density at radius 1 is 1.11 bits per heavy atom. The number of aryl methyl sites for hydroxylation is 2. The van der Waals surface area contributed by atoms with Crippen LogP contribution in [0.15, 0.2) is 42.7 Å². The Balaban J connectivity index is 1.40. The maximum absolute atomic E-state index is 12.6. The summed E-state index contributed by atoms with van der Waals surface area (Å²) >= 11 is 6.14. The number of carbonyl (C=O) groups is 1. The number of rotatable bonds is 2. The van der Waals surface area contributed by atoms with E-state index in [-0.39, 0.29) is 6.03 Å². The van der Waals surface area contributed by atoms with Crippen molar-refractivity contribution in [2.75, 3.05) is 36.4 Å². The van der Waals surface area contributed by atoms with Gasteiger partial charge in [-0.1, -0.05) is 17.7 Å². The maximum atomic E-state index is 12.6. The minimum Gasteiger partial charge on any atom is -0.368 e. The number of nitrogens with one attached hydrogen (secondary N) is 1. The zero-order valence-corrected chi connectivity index (χ0v) is 16.2. The van der Waals surface area contributed by atoms with Crippen LogP contribution in [0, 0.1) is 6.92 Å². The number of hydrogen-bond donors (Lipinski definition) is 1. The molecule has 0 unspecified atom stereocenters. The molecule has 2 heterocycles. The average molecular weight is 384 g/mol. The van der Waals surface area contributed by atoms with Gasteiger partial charge < -0.3 is 19.7 Å². The van der Waals surface area contributed by atoms with Gasteiger partial charge in [-0.05, 0) is 42.8 Å². The molecule has 3 aromatic rings. The lowest BCUT2D eigenvalue weighted by atomic mass is 10.1. The molecule has 4 rings (SSSR count). The SMILES string of the molecule is Cc1ccc(Cl)cc1N1CCN(C(=O)Nc2ccc3ncn(C)c3c2)CC1. The Hall–Kier alpha value is -2.73. The molecule has 7 heteroatoms. The Morgan fingerprint density at radius 3 is 2.67 bits per heavy atom. The van der Waals surface area contributed by atoms with Crippen molar-refractivity contribution in [2.24, 2.45) is 7.05 Å². The van der Waals surface area contributed by atoms with Crippen LogP contribution in [0.2, 0.25) is 5.02 Å². The van der Waals surface area contributed by atoms with Crippen LogP contribution in [0.4, 0.5) is 16.2 Å². The number of hydrogen-bond acceptors (Lipinski definition) is 3. The van der Waals surface area contributed by atoms with E-state index >= 15 is 0 Å². The molecule has 6 nitrogen and oxygen atoms in total. The number of aromatic nitrogens is 2. The van der Waals surface area contributed by atoms with Gasteiger partial charge >= 0.3 is 6.03 Å². The van der Waals surface area contributed by atoms with E-state index in [4.69, 9.17) is 11.6 Å². The summed E-state index contributed by atoms with van der Waals surface area (Å²) in [5.74, 6) is 0. The molecule has 2 amide bonds. The van der Waals surface area contributed by atoms with E-state index in [9.17, 15) is 4.79 Å². The first-order chi connectivity index (χ1) is 13.0. The van der Waals surface area contributed by atoms with Crippen molar-refractivity contribution in [1.29, 1.82) is 0 Å². The van der Waals surface area contributed by atoms with Crippen LogP contribution < -0.4 is 10.2 Å². The Bertz CT molecular complexity index is 991. The van der Waals surface area contributed by atoms with Crippen molar-refractivity contribution < 1.29 is 4.79 Å². The number of carbonyl (C=O) groups excluding carboxylic acids is 1. The summed E-state index contributed by atoms with van der Waals surface area (Å²) in [6.07, 6.45) is 1.77. The number of piperazine rings is 1. The molecule has 2 aromatic carbocycles. The molecule has 0 radical (unpaired) electrons. The fourth-order valence-corrected chi connectivity index (χ4v) is 3.65. The maximum Gasteiger partial charge on any atom is 0.321 e. The van der Waals surface area contributed by atoms with Gasteiger partial charge in [-0.15, -0.1) is 0 Å². The lowest BCUT2D eigenvalue weighted by molar-refractivity contribution is 0.208. The number of anilines is 2. The molecule has 1 fully saturated rings. The number of halogens is 1. The van der Waals surface area contributed by atoms with Crippen molar-refractivity contribution >= 4 is 40.0 Å². The molecule has 140 valence electrons. The first kappa shape index (κ1) is 17.7. The van der Waals surface area contributed by atoms with Crippen LogP contribution in [0.5, 0.6) is 0 Å². The second-order valence-corrected chi connectivity index (χ2v) is 7.33. The largest absolute Gasteiger partial charge is 0.368 e. The minimum absolute atomic E-state index is 0.0704. The molecule has 0 bridgehead atoms. The molecule has 0 aliphatic carbocycles. The molecule has 1 saturated heterocycles. The van der Waals surface area contributed by atoms with Crippen molar-refractivity contribution in [3.63, 3.8) is 0 Å². The van der Waals surface area contributed by atoms with Gasteiger partial charge in [0.2, 0.25) is 0 Å². The summed E-state index contributed by atoms with van der Waals surface area (Å²) < 4.78 is 1.94. The summed E-state index contributed by atoms with van der Waals surface area (Å²) in [4.78, 5) is 21.1. The van der Waals surface area contributed by atoms with E-state index in [1.807, 2.05) is 52.9 Å². The molecule has 1 aliphatic rings. The lowest BCUT2D eigenvalue weighted by Crippen LogP contribution is -2.50. The molecule has 0 saturated carbocycles. The van der Waals surface area contributed by atoms with E-state index in [1.165, 1.54) is 5.56 Å². The lowest BCUT2D eigenvalue weighted by Gasteiger charge is -2.36. The summed E-state index contributed by atoms with van der Waals surface area (Å²) in [5.41, 5.74) is 5.03. The van der Waals surface area contributed by atoms with Crippen molar-refractivity contribution in [2.45, 2.75) is 6.92 Å². The van der Waals surface area contributed by atoms with Crippen molar-refractivity contribution in [3.05, 3.63) is 53.3 Å². The summed E-state index contributed by atoms with van der Waals surface area (Å²) in [5, 5.41) is 3.74. The van der Waals surface area contributed by atoms with E-state index in [1.54, 1.807) is 6.33 Å². The highest BCUT2D eigenvalue weighted by Gasteiger charge is 2.22. The van der Waals surface area contributed by atoms with E-state index < -0.39 is 0 Å². The molecule has 1 N–H and O–H groups in total. The summed E-state index contributed by atoms with van der Waals surface area (Å²) in [7, 11) is 1.94. The number of amides is 2. The Labute approximate surface area is 163 Å². The second-order valence-electron chi connectivity index (χ2n) is 6.89. The zero-order valence-electron chi connectivity index (χ0n) is 15.4. The fourth-order valence-electron chi connectivity index (χ4n) is 3.48. The number of urea groups is 1.